The van der Waals surface area contributed by atoms with E-state index >= 15 is 0 Å². The molecule has 0 atom stereocenters. The SMILES string of the molecule is OCCCCCSc1n[nH]c(-c2ccccn2)n1. The fourth-order valence-electron chi connectivity index (χ4n) is 1.48. The summed E-state index contributed by atoms with van der Waals surface area (Å²) in [6.45, 7) is 0.273. The molecule has 18 heavy (non-hydrogen) atoms. The third-order valence-electron chi connectivity index (χ3n) is 2.41. The lowest BCUT2D eigenvalue weighted by Gasteiger charge is -1.96. The van der Waals surface area contributed by atoms with Crippen molar-refractivity contribution in [2.24, 2.45) is 0 Å². The molecule has 0 radical (unpaired) electrons. The molecule has 2 N–H and O–H groups in total. The molecule has 6 heteroatoms. The van der Waals surface area contributed by atoms with Crippen LogP contribution in [0.15, 0.2) is 29.6 Å². The molecule has 2 rings (SSSR count). The molecule has 0 bridgehead atoms. The molecular weight excluding hydrogens is 248 g/mol. The molecule has 0 saturated carbocycles. The maximum atomic E-state index is 8.67. The van der Waals surface area contributed by atoms with E-state index in [0.29, 0.717) is 5.82 Å². The van der Waals surface area contributed by atoms with Crippen molar-refractivity contribution in [2.75, 3.05) is 12.4 Å². The maximum absolute atomic E-state index is 8.67. The summed E-state index contributed by atoms with van der Waals surface area (Å²) < 4.78 is 0. The molecule has 0 saturated heterocycles. The van der Waals surface area contributed by atoms with E-state index in [2.05, 4.69) is 20.2 Å². The number of aromatic amines is 1. The Morgan fingerprint density at radius 1 is 1.22 bits per heavy atom. The summed E-state index contributed by atoms with van der Waals surface area (Å²) in [5.74, 6) is 1.67. The van der Waals surface area contributed by atoms with Crippen molar-refractivity contribution in [1.29, 1.82) is 0 Å². The van der Waals surface area contributed by atoms with Gasteiger partial charge in [-0.05, 0) is 25.0 Å². The summed E-state index contributed by atoms with van der Waals surface area (Å²) in [4.78, 5) is 8.60. The van der Waals surface area contributed by atoms with Crippen LogP contribution in [-0.2, 0) is 0 Å². The number of H-pyrrole nitrogens is 1. The highest BCUT2D eigenvalue weighted by Gasteiger charge is 2.06. The van der Waals surface area contributed by atoms with Crippen LogP contribution in [0, 0.1) is 0 Å². The van der Waals surface area contributed by atoms with Gasteiger partial charge in [0.05, 0.1) is 0 Å². The highest BCUT2D eigenvalue weighted by Crippen LogP contribution is 2.18. The smallest absolute Gasteiger partial charge is 0.208 e. The molecule has 5 nitrogen and oxygen atoms in total. The second kappa shape index (κ2) is 7.13. The zero-order valence-electron chi connectivity index (χ0n) is 10.0. The van der Waals surface area contributed by atoms with Gasteiger partial charge in [-0.15, -0.1) is 5.10 Å². The number of pyridine rings is 1. The third-order valence-corrected chi connectivity index (χ3v) is 3.34. The van der Waals surface area contributed by atoms with Gasteiger partial charge in [0.2, 0.25) is 5.16 Å². The summed E-state index contributed by atoms with van der Waals surface area (Å²) in [5.41, 5.74) is 0.803. The van der Waals surface area contributed by atoms with E-state index in [1.807, 2.05) is 18.2 Å². The summed E-state index contributed by atoms with van der Waals surface area (Å²) in [7, 11) is 0. The van der Waals surface area contributed by atoms with Gasteiger partial charge >= 0.3 is 0 Å². The quantitative estimate of drug-likeness (QED) is 0.592. The molecule has 0 aromatic carbocycles. The van der Waals surface area contributed by atoms with E-state index in [9.17, 15) is 0 Å². The van der Waals surface area contributed by atoms with Crippen LogP contribution in [0.3, 0.4) is 0 Å². The Hall–Kier alpha value is -1.40. The first-order valence-electron chi connectivity index (χ1n) is 5.97. The number of hydrogen-bond donors (Lipinski definition) is 2. The maximum Gasteiger partial charge on any atom is 0.208 e. The first-order chi connectivity index (χ1) is 8.90. The standard InChI is InChI=1S/C12H16N4OS/c17-8-4-1-5-9-18-12-14-11(15-16-12)10-6-2-3-7-13-10/h2-3,6-7,17H,1,4-5,8-9H2,(H,14,15,16). The van der Waals surface area contributed by atoms with Crippen LogP contribution in [0.25, 0.3) is 11.5 Å². The van der Waals surface area contributed by atoms with E-state index in [1.165, 1.54) is 0 Å². The van der Waals surface area contributed by atoms with Crippen molar-refractivity contribution in [3.63, 3.8) is 0 Å². The van der Waals surface area contributed by atoms with Crippen LogP contribution in [-0.4, -0.2) is 37.6 Å². The van der Waals surface area contributed by atoms with Gasteiger partial charge < -0.3 is 5.11 Å². The Morgan fingerprint density at radius 3 is 2.94 bits per heavy atom. The number of aromatic nitrogens is 4. The number of nitrogens with one attached hydrogen (secondary N) is 1. The van der Waals surface area contributed by atoms with Crippen molar-refractivity contribution in [2.45, 2.75) is 24.4 Å². The van der Waals surface area contributed by atoms with Crippen molar-refractivity contribution in [1.82, 2.24) is 20.2 Å². The largest absolute Gasteiger partial charge is 0.396 e. The van der Waals surface area contributed by atoms with Crippen molar-refractivity contribution < 1.29 is 5.11 Å². The molecular formula is C12H16N4OS. The van der Waals surface area contributed by atoms with Gasteiger partial charge in [-0.25, -0.2) is 0 Å². The number of unbranched alkanes of at least 4 members (excludes halogenated alkanes) is 2. The van der Waals surface area contributed by atoms with Crippen LogP contribution in [0.1, 0.15) is 19.3 Å². The lowest BCUT2D eigenvalue weighted by Crippen LogP contribution is -1.86. The number of hydrogen-bond acceptors (Lipinski definition) is 5. The first-order valence-corrected chi connectivity index (χ1v) is 6.96. The lowest BCUT2D eigenvalue weighted by molar-refractivity contribution is 0.284. The zero-order valence-corrected chi connectivity index (χ0v) is 10.9. The molecule has 2 aromatic heterocycles. The molecule has 0 aliphatic carbocycles. The monoisotopic (exact) mass is 264 g/mol. The van der Waals surface area contributed by atoms with Gasteiger partial charge in [0.1, 0.15) is 5.69 Å². The number of aliphatic hydroxyl groups is 1. The predicted molar refractivity (Wildman–Crippen MR) is 71.3 cm³/mol. The fourth-order valence-corrected chi connectivity index (χ4v) is 2.28. The Kier molecular flexibility index (Phi) is 5.16. The Balaban J connectivity index is 1.83. The topological polar surface area (TPSA) is 74.7 Å². The van der Waals surface area contributed by atoms with E-state index in [4.69, 9.17) is 5.11 Å². The second-order valence-corrected chi connectivity index (χ2v) is 4.88. The summed E-state index contributed by atoms with van der Waals surface area (Å²) in [6, 6.07) is 5.69. The average Bonchev–Trinajstić information content (AvgIpc) is 2.88. The minimum absolute atomic E-state index is 0.273. The van der Waals surface area contributed by atoms with Crippen LogP contribution in [0.2, 0.25) is 0 Å². The highest BCUT2D eigenvalue weighted by molar-refractivity contribution is 7.99. The van der Waals surface area contributed by atoms with Crippen LogP contribution in [0.5, 0.6) is 0 Å². The highest BCUT2D eigenvalue weighted by atomic mass is 32.2. The molecule has 2 heterocycles. The van der Waals surface area contributed by atoms with Crippen LogP contribution in [0.4, 0.5) is 0 Å². The Bertz CT molecular complexity index is 460. The lowest BCUT2D eigenvalue weighted by atomic mass is 10.3. The average molecular weight is 264 g/mol. The molecule has 2 aromatic rings. The Morgan fingerprint density at radius 2 is 2.17 bits per heavy atom. The summed E-state index contributed by atoms with van der Waals surface area (Å²) in [5, 5.41) is 16.5. The van der Waals surface area contributed by atoms with Crippen molar-refractivity contribution in [3.8, 4) is 11.5 Å². The normalized spacial score (nSPS) is 10.7. The molecule has 96 valence electrons. The molecule has 0 amide bonds. The Labute approximate surface area is 110 Å². The first kappa shape index (κ1) is 13.0. The summed E-state index contributed by atoms with van der Waals surface area (Å²) >= 11 is 1.62. The van der Waals surface area contributed by atoms with Gasteiger partial charge in [0.25, 0.3) is 0 Å². The number of aliphatic hydroxyl groups excluding tert-OH is 1. The molecule has 0 aliphatic rings. The number of thioether (sulfide) groups is 1. The van der Waals surface area contributed by atoms with Crippen LogP contribution < -0.4 is 0 Å². The van der Waals surface area contributed by atoms with Crippen molar-refractivity contribution >= 4 is 11.8 Å². The van der Waals surface area contributed by atoms with Crippen LogP contribution >= 0.6 is 11.8 Å². The van der Waals surface area contributed by atoms with Gasteiger partial charge in [-0.3, -0.25) is 10.1 Å². The minimum Gasteiger partial charge on any atom is -0.396 e. The van der Waals surface area contributed by atoms with Gasteiger partial charge in [-0.1, -0.05) is 24.2 Å². The zero-order chi connectivity index (χ0) is 12.6. The predicted octanol–water partition coefficient (Wildman–Crippen LogP) is 2.12. The third kappa shape index (κ3) is 3.82. The van der Waals surface area contributed by atoms with E-state index in [1.54, 1.807) is 18.0 Å². The molecule has 0 unspecified atom stereocenters. The van der Waals surface area contributed by atoms with E-state index < -0.39 is 0 Å². The molecule has 0 spiro atoms. The van der Waals surface area contributed by atoms with E-state index in [-0.39, 0.29) is 6.61 Å². The number of rotatable bonds is 7. The molecule has 0 fully saturated rings. The summed E-state index contributed by atoms with van der Waals surface area (Å²) in [6.07, 6.45) is 4.72. The second-order valence-electron chi connectivity index (χ2n) is 3.81. The van der Waals surface area contributed by atoms with E-state index in [0.717, 1.165) is 35.9 Å². The van der Waals surface area contributed by atoms with Gasteiger partial charge in [0, 0.05) is 18.6 Å². The fraction of sp³-hybridized carbons (Fsp3) is 0.417. The number of nitrogens with zero attached hydrogens (tertiary/aromatic N) is 3. The molecule has 0 aliphatic heterocycles. The van der Waals surface area contributed by atoms with Crippen molar-refractivity contribution in [3.05, 3.63) is 24.4 Å². The minimum atomic E-state index is 0.273. The van der Waals surface area contributed by atoms with Gasteiger partial charge in [0.15, 0.2) is 5.82 Å². The van der Waals surface area contributed by atoms with Gasteiger partial charge in [-0.2, -0.15) is 4.98 Å².